The lowest BCUT2D eigenvalue weighted by molar-refractivity contribution is 0.0607. The van der Waals surface area contributed by atoms with Gasteiger partial charge in [-0.1, -0.05) is 44.0 Å². The number of rotatable bonds is 4. The molecule has 1 N–H and O–H groups in total. The van der Waals surface area contributed by atoms with Crippen LogP contribution in [0.4, 0.5) is 0 Å². The summed E-state index contributed by atoms with van der Waals surface area (Å²) in [7, 11) is 1.96. The predicted octanol–water partition coefficient (Wildman–Crippen LogP) is 3.23. The molecule has 0 fully saturated rings. The normalized spacial score (nSPS) is 14.0. The van der Waals surface area contributed by atoms with Crippen molar-refractivity contribution in [3.05, 3.63) is 28.0 Å². The molecule has 0 amide bonds. The lowest BCUT2D eigenvalue weighted by Gasteiger charge is -2.36. The maximum atomic E-state index is 9.51. The van der Waals surface area contributed by atoms with Crippen LogP contribution in [0.3, 0.4) is 0 Å². The van der Waals surface area contributed by atoms with E-state index >= 15 is 0 Å². The lowest BCUT2D eigenvalue weighted by atomic mass is 9.86. The number of aliphatic hydroxyl groups is 1. The van der Waals surface area contributed by atoms with E-state index in [0.717, 1.165) is 5.69 Å². The Bertz CT molecular complexity index is 404. The first-order valence-electron chi connectivity index (χ1n) is 5.86. The number of pyridine rings is 1. The summed E-state index contributed by atoms with van der Waals surface area (Å²) < 4.78 is 0. The number of likely N-dealkylation sites (N-methyl/N-ethyl adjacent to an activating group) is 1. The number of nitrogens with zero attached hydrogens (tertiary/aromatic N) is 2. The van der Waals surface area contributed by atoms with Crippen LogP contribution in [0.5, 0.6) is 0 Å². The van der Waals surface area contributed by atoms with E-state index < -0.39 is 0 Å². The molecular formula is C13H20Cl2N2O. The van der Waals surface area contributed by atoms with Crippen LogP contribution in [0.1, 0.15) is 26.5 Å². The Labute approximate surface area is 119 Å². The number of hydrogen-bond donors (Lipinski definition) is 1. The Kier molecular flexibility index (Phi) is 5.41. The fourth-order valence-corrected chi connectivity index (χ4v) is 2.42. The van der Waals surface area contributed by atoms with Crippen molar-refractivity contribution in [2.75, 3.05) is 13.7 Å². The molecule has 3 nitrogen and oxygen atoms in total. The topological polar surface area (TPSA) is 36.4 Å². The largest absolute Gasteiger partial charge is 0.395 e. The van der Waals surface area contributed by atoms with Gasteiger partial charge in [0.1, 0.15) is 0 Å². The summed E-state index contributed by atoms with van der Waals surface area (Å²) in [6, 6.07) is 1.73. The fourth-order valence-electron chi connectivity index (χ4n) is 1.98. The molecule has 5 heteroatoms. The molecule has 1 aromatic rings. The summed E-state index contributed by atoms with van der Waals surface area (Å²) >= 11 is 11.9. The second-order valence-corrected chi connectivity index (χ2v) is 6.41. The first kappa shape index (κ1) is 15.7. The van der Waals surface area contributed by atoms with E-state index in [-0.39, 0.29) is 18.1 Å². The van der Waals surface area contributed by atoms with Crippen molar-refractivity contribution < 1.29 is 5.11 Å². The van der Waals surface area contributed by atoms with Gasteiger partial charge < -0.3 is 5.11 Å². The maximum absolute atomic E-state index is 9.51. The molecule has 0 radical (unpaired) electrons. The molecule has 1 rings (SSSR count). The summed E-state index contributed by atoms with van der Waals surface area (Å²) in [5.41, 5.74) is 0.758. The van der Waals surface area contributed by atoms with E-state index in [9.17, 15) is 5.11 Å². The summed E-state index contributed by atoms with van der Waals surface area (Å²) in [5, 5.41) is 10.6. The van der Waals surface area contributed by atoms with Crippen molar-refractivity contribution in [2.24, 2.45) is 5.41 Å². The first-order chi connectivity index (χ1) is 8.25. The zero-order valence-electron chi connectivity index (χ0n) is 11.2. The van der Waals surface area contributed by atoms with Gasteiger partial charge in [0, 0.05) is 18.8 Å². The molecule has 0 aliphatic heterocycles. The lowest BCUT2D eigenvalue weighted by Crippen LogP contribution is -2.44. The summed E-state index contributed by atoms with van der Waals surface area (Å²) in [6.07, 6.45) is 1.58. The molecular weight excluding hydrogens is 271 g/mol. The molecule has 0 aromatic carbocycles. The molecule has 102 valence electrons. The Hall–Kier alpha value is -0.350. The zero-order valence-corrected chi connectivity index (χ0v) is 12.8. The van der Waals surface area contributed by atoms with Crippen LogP contribution in [0.25, 0.3) is 0 Å². The number of hydrogen-bond acceptors (Lipinski definition) is 3. The van der Waals surface area contributed by atoms with Gasteiger partial charge in [-0.3, -0.25) is 9.88 Å². The fraction of sp³-hybridized carbons (Fsp3) is 0.615. The molecule has 1 heterocycles. The van der Waals surface area contributed by atoms with Crippen LogP contribution in [-0.4, -0.2) is 34.7 Å². The maximum Gasteiger partial charge on any atom is 0.0730 e. The average Bonchev–Trinajstić information content (AvgIpc) is 2.21. The van der Waals surface area contributed by atoms with E-state index in [1.165, 1.54) is 0 Å². The van der Waals surface area contributed by atoms with Crippen molar-refractivity contribution in [3.8, 4) is 0 Å². The number of aliphatic hydroxyl groups excluding tert-OH is 1. The number of halogens is 2. The van der Waals surface area contributed by atoms with Gasteiger partial charge in [0.25, 0.3) is 0 Å². The van der Waals surface area contributed by atoms with Crippen molar-refractivity contribution in [3.63, 3.8) is 0 Å². The Balaban J connectivity index is 2.83. The molecule has 0 bridgehead atoms. The SMILES string of the molecule is CN(Cc1ncc(Cl)cc1Cl)C(CO)C(C)(C)C. The standard InChI is InChI=1S/C13H20Cl2N2O/c1-13(2,3)12(8-18)17(4)7-11-10(15)5-9(14)6-16-11/h5-6,12,18H,7-8H2,1-4H3. The molecule has 0 aliphatic carbocycles. The molecule has 0 saturated carbocycles. The van der Waals surface area contributed by atoms with Crippen molar-refractivity contribution >= 4 is 23.2 Å². The van der Waals surface area contributed by atoms with Gasteiger partial charge in [-0.05, 0) is 18.5 Å². The monoisotopic (exact) mass is 290 g/mol. The highest BCUT2D eigenvalue weighted by atomic mass is 35.5. The highest BCUT2D eigenvalue weighted by Gasteiger charge is 2.28. The van der Waals surface area contributed by atoms with Crippen LogP contribution in [-0.2, 0) is 6.54 Å². The zero-order chi connectivity index (χ0) is 13.9. The molecule has 18 heavy (non-hydrogen) atoms. The smallest absolute Gasteiger partial charge is 0.0730 e. The van der Waals surface area contributed by atoms with Crippen LogP contribution in [0.2, 0.25) is 10.0 Å². The van der Waals surface area contributed by atoms with Crippen LogP contribution < -0.4 is 0 Å². The second-order valence-electron chi connectivity index (χ2n) is 5.56. The van der Waals surface area contributed by atoms with Gasteiger partial charge in [-0.2, -0.15) is 0 Å². The van der Waals surface area contributed by atoms with E-state index in [0.29, 0.717) is 16.6 Å². The number of aromatic nitrogens is 1. The molecule has 0 saturated heterocycles. The summed E-state index contributed by atoms with van der Waals surface area (Å²) in [4.78, 5) is 6.29. The van der Waals surface area contributed by atoms with E-state index in [1.54, 1.807) is 12.3 Å². The van der Waals surface area contributed by atoms with Crippen LogP contribution >= 0.6 is 23.2 Å². The third kappa shape index (κ3) is 4.09. The Morgan fingerprint density at radius 1 is 1.39 bits per heavy atom. The van der Waals surface area contributed by atoms with Crippen molar-refractivity contribution in [2.45, 2.75) is 33.4 Å². The third-order valence-corrected chi connectivity index (χ3v) is 3.52. The van der Waals surface area contributed by atoms with Gasteiger partial charge in [-0.15, -0.1) is 0 Å². The molecule has 1 unspecified atom stereocenters. The predicted molar refractivity (Wildman–Crippen MR) is 76.1 cm³/mol. The highest BCUT2D eigenvalue weighted by Crippen LogP contribution is 2.26. The highest BCUT2D eigenvalue weighted by molar-refractivity contribution is 6.34. The van der Waals surface area contributed by atoms with E-state index in [4.69, 9.17) is 23.2 Å². The average molecular weight is 291 g/mol. The summed E-state index contributed by atoms with van der Waals surface area (Å²) in [5.74, 6) is 0. The molecule has 1 atom stereocenters. The molecule has 1 aromatic heterocycles. The van der Waals surface area contributed by atoms with Gasteiger partial charge in [0.2, 0.25) is 0 Å². The van der Waals surface area contributed by atoms with Crippen molar-refractivity contribution in [1.29, 1.82) is 0 Å². The Morgan fingerprint density at radius 2 is 2.00 bits per heavy atom. The van der Waals surface area contributed by atoms with Gasteiger partial charge in [-0.25, -0.2) is 0 Å². The minimum atomic E-state index is -0.0115. The van der Waals surface area contributed by atoms with E-state index in [2.05, 4.69) is 30.7 Å². The minimum absolute atomic E-state index is 0.0115. The third-order valence-electron chi connectivity index (χ3n) is 2.99. The molecule has 0 aliphatic rings. The van der Waals surface area contributed by atoms with Gasteiger partial charge in [0.15, 0.2) is 0 Å². The van der Waals surface area contributed by atoms with Gasteiger partial charge in [0.05, 0.1) is 22.3 Å². The molecule has 0 spiro atoms. The minimum Gasteiger partial charge on any atom is -0.395 e. The Morgan fingerprint density at radius 3 is 2.44 bits per heavy atom. The van der Waals surface area contributed by atoms with Crippen molar-refractivity contribution in [1.82, 2.24) is 9.88 Å². The summed E-state index contributed by atoms with van der Waals surface area (Å²) in [6.45, 7) is 6.98. The second kappa shape index (κ2) is 6.20. The van der Waals surface area contributed by atoms with Gasteiger partial charge >= 0.3 is 0 Å². The van der Waals surface area contributed by atoms with Crippen LogP contribution in [0.15, 0.2) is 12.3 Å². The first-order valence-corrected chi connectivity index (χ1v) is 6.62. The van der Waals surface area contributed by atoms with Crippen LogP contribution in [0, 0.1) is 5.41 Å². The van der Waals surface area contributed by atoms with E-state index in [1.807, 2.05) is 7.05 Å². The quantitative estimate of drug-likeness (QED) is 0.925.